The second-order valence-corrected chi connectivity index (χ2v) is 9.21. The van der Waals surface area contributed by atoms with Crippen molar-refractivity contribution >= 4 is 11.9 Å². The lowest BCUT2D eigenvalue weighted by Gasteiger charge is -1.99. The minimum absolute atomic E-state index is 0.308. The van der Waals surface area contributed by atoms with Gasteiger partial charge in [-0.1, -0.05) is 137 Å². The zero-order chi connectivity index (χ0) is 26.4. The highest BCUT2D eigenvalue weighted by Gasteiger charge is 1.97. The van der Waals surface area contributed by atoms with Gasteiger partial charge in [0.05, 0.1) is 0 Å². The first kappa shape index (κ1) is 33.4. The molecule has 0 fully saturated rings. The van der Waals surface area contributed by atoms with Crippen LogP contribution in [0.15, 0.2) is 72.9 Å². The molecule has 0 radical (unpaired) electrons. The lowest BCUT2D eigenvalue weighted by atomic mass is 10.1. The molecule has 0 bridgehead atoms. The van der Waals surface area contributed by atoms with Crippen LogP contribution < -0.4 is 0 Å². The number of hydrogen-bond donors (Lipinski definition) is 2. The van der Waals surface area contributed by atoms with Crippen LogP contribution in [0, 0.1) is 0 Å². The maximum atomic E-state index is 10.4. The van der Waals surface area contributed by atoms with E-state index in [1.54, 1.807) is 0 Å². The smallest absolute Gasteiger partial charge is 0.303 e. The zero-order valence-electron chi connectivity index (χ0n) is 22.4. The highest BCUT2D eigenvalue weighted by molar-refractivity contribution is 5.66. The number of unbranched alkanes of at least 4 members (excludes halogenated alkanes) is 14. The predicted molar refractivity (Wildman–Crippen MR) is 153 cm³/mol. The number of rotatable bonds is 25. The molecular weight excluding hydrogens is 448 g/mol. The Labute approximate surface area is 220 Å². The molecule has 0 aromatic heterocycles. The van der Waals surface area contributed by atoms with Gasteiger partial charge in [0.15, 0.2) is 0 Å². The molecule has 2 N–H and O–H groups in total. The van der Waals surface area contributed by atoms with E-state index in [0.29, 0.717) is 12.8 Å². The molecule has 0 aliphatic heterocycles. The minimum atomic E-state index is -0.682. The summed E-state index contributed by atoms with van der Waals surface area (Å²) < 4.78 is 0. The third-order valence-corrected chi connectivity index (χ3v) is 5.80. The normalized spacial score (nSPS) is 12.6. The molecule has 0 unspecified atom stereocenters. The fraction of sp³-hybridized carbons (Fsp3) is 0.562. The van der Waals surface area contributed by atoms with Crippen LogP contribution in [-0.2, 0) is 9.59 Å². The molecule has 0 saturated heterocycles. The number of carboxylic acids is 2. The number of carbonyl (C=O) groups is 2. The van der Waals surface area contributed by atoms with E-state index in [1.165, 1.54) is 51.4 Å². The molecule has 4 heteroatoms. The Kier molecular flexibility index (Phi) is 26.5. The summed E-state index contributed by atoms with van der Waals surface area (Å²) in [6, 6.07) is 0. The average Bonchev–Trinajstić information content (AvgIpc) is 2.85. The molecule has 0 aliphatic carbocycles. The number of carboxylic acid groups (broad SMARTS) is 2. The highest BCUT2D eigenvalue weighted by Crippen LogP contribution is 2.11. The first-order chi connectivity index (χ1) is 17.6. The lowest BCUT2D eigenvalue weighted by Crippen LogP contribution is -1.93. The summed E-state index contributed by atoms with van der Waals surface area (Å²) in [5, 5.41) is 17.2. The van der Waals surface area contributed by atoms with Gasteiger partial charge < -0.3 is 10.2 Å². The second-order valence-electron chi connectivity index (χ2n) is 9.21. The van der Waals surface area contributed by atoms with Crippen LogP contribution >= 0.6 is 0 Å². The van der Waals surface area contributed by atoms with Gasteiger partial charge in [0.25, 0.3) is 0 Å². The van der Waals surface area contributed by atoms with E-state index in [-0.39, 0.29) is 0 Å². The van der Waals surface area contributed by atoms with E-state index in [4.69, 9.17) is 10.2 Å². The quantitative estimate of drug-likeness (QED) is 0.0970. The summed E-state index contributed by atoms with van der Waals surface area (Å²) in [6.07, 6.45) is 43.7. The van der Waals surface area contributed by atoms with Crippen LogP contribution in [0.4, 0.5) is 0 Å². The van der Waals surface area contributed by atoms with Crippen LogP contribution in [0.5, 0.6) is 0 Å². The molecule has 0 aliphatic rings. The molecule has 0 heterocycles. The van der Waals surface area contributed by atoms with Gasteiger partial charge in [0.1, 0.15) is 0 Å². The van der Waals surface area contributed by atoms with E-state index >= 15 is 0 Å². The summed E-state index contributed by atoms with van der Waals surface area (Å²) in [7, 11) is 0. The van der Waals surface area contributed by atoms with Crippen molar-refractivity contribution in [3.63, 3.8) is 0 Å². The Morgan fingerprint density at radius 3 is 0.917 bits per heavy atom. The van der Waals surface area contributed by atoms with Crippen molar-refractivity contribution in [3.05, 3.63) is 72.9 Å². The van der Waals surface area contributed by atoms with Gasteiger partial charge in [-0.2, -0.15) is 0 Å². The molecule has 0 spiro atoms. The van der Waals surface area contributed by atoms with Crippen molar-refractivity contribution in [2.24, 2.45) is 0 Å². The summed E-state index contributed by atoms with van der Waals surface area (Å²) in [5.41, 5.74) is 0. The molecule has 0 rings (SSSR count). The molecule has 0 aromatic carbocycles. The van der Waals surface area contributed by atoms with Gasteiger partial charge in [0.2, 0.25) is 0 Å². The van der Waals surface area contributed by atoms with Crippen LogP contribution in [0.25, 0.3) is 0 Å². The van der Waals surface area contributed by atoms with Gasteiger partial charge in [-0.3, -0.25) is 9.59 Å². The Morgan fingerprint density at radius 1 is 0.361 bits per heavy atom. The second kappa shape index (κ2) is 28.6. The first-order valence-electron chi connectivity index (χ1n) is 14.0. The average molecular weight is 499 g/mol. The van der Waals surface area contributed by atoms with Crippen LogP contribution in [0.2, 0.25) is 0 Å². The van der Waals surface area contributed by atoms with E-state index in [1.807, 2.05) is 36.5 Å². The van der Waals surface area contributed by atoms with Gasteiger partial charge in [-0.05, 0) is 38.5 Å². The van der Waals surface area contributed by atoms with Crippen LogP contribution in [0.3, 0.4) is 0 Å². The molecule has 36 heavy (non-hydrogen) atoms. The van der Waals surface area contributed by atoms with Crippen molar-refractivity contribution < 1.29 is 19.8 Å². The fourth-order valence-corrected chi connectivity index (χ4v) is 3.71. The maximum Gasteiger partial charge on any atom is 0.303 e. The van der Waals surface area contributed by atoms with E-state index in [2.05, 4.69) is 36.5 Å². The van der Waals surface area contributed by atoms with Gasteiger partial charge in [-0.15, -0.1) is 0 Å². The monoisotopic (exact) mass is 498 g/mol. The molecule has 0 amide bonds. The molecule has 4 nitrogen and oxygen atoms in total. The van der Waals surface area contributed by atoms with Gasteiger partial charge >= 0.3 is 11.9 Å². The Balaban J connectivity index is 3.49. The molecule has 0 atom stereocenters. The molecule has 0 aromatic rings. The van der Waals surface area contributed by atoms with Crippen LogP contribution in [0.1, 0.15) is 116 Å². The van der Waals surface area contributed by atoms with E-state index < -0.39 is 11.9 Å². The Morgan fingerprint density at radius 2 is 0.611 bits per heavy atom. The molecular formula is C32H50O4. The lowest BCUT2D eigenvalue weighted by molar-refractivity contribution is -0.138. The van der Waals surface area contributed by atoms with Crippen molar-refractivity contribution in [2.45, 2.75) is 116 Å². The van der Waals surface area contributed by atoms with Crippen molar-refractivity contribution in [1.29, 1.82) is 0 Å². The third-order valence-electron chi connectivity index (χ3n) is 5.80. The Bertz CT molecular complexity index is 635. The fourth-order valence-electron chi connectivity index (χ4n) is 3.71. The summed E-state index contributed by atoms with van der Waals surface area (Å²) >= 11 is 0. The summed E-state index contributed by atoms with van der Waals surface area (Å²) in [5.74, 6) is -1.36. The van der Waals surface area contributed by atoms with Gasteiger partial charge in [0, 0.05) is 12.8 Å². The third kappa shape index (κ3) is 31.4. The number of allylic oxidation sites excluding steroid dienone is 12. The van der Waals surface area contributed by atoms with Crippen molar-refractivity contribution in [3.8, 4) is 0 Å². The van der Waals surface area contributed by atoms with Crippen molar-refractivity contribution in [2.75, 3.05) is 0 Å². The zero-order valence-corrected chi connectivity index (χ0v) is 22.4. The summed E-state index contributed by atoms with van der Waals surface area (Å²) in [6.45, 7) is 0. The Hall–Kier alpha value is -2.62. The summed E-state index contributed by atoms with van der Waals surface area (Å²) in [4.78, 5) is 20.9. The SMILES string of the molecule is O=C(O)CCCCCCCCCC=CC=CC=CC=CC=CC=CCCCCCCCCCC(=O)O. The van der Waals surface area contributed by atoms with E-state index in [9.17, 15) is 9.59 Å². The van der Waals surface area contributed by atoms with E-state index in [0.717, 1.165) is 51.4 Å². The molecule has 202 valence electrons. The van der Waals surface area contributed by atoms with Crippen molar-refractivity contribution in [1.82, 2.24) is 0 Å². The predicted octanol–water partition coefficient (Wildman–Crippen LogP) is 9.51. The highest BCUT2D eigenvalue weighted by atomic mass is 16.4. The number of hydrogen-bond acceptors (Lipinski definition) is 2. The topological polar surface area (TPSA) is 74.6 Å². The largest absolute Gasteiger partial charge is 0.481 e. The standard InChI is InChI=1S/C32H50O4/c33-31(34)29-27-25-23-21-19-17-15-13-11-9-7-5-3-1-2-4-6-8-10-12-14-16-18-20-22-24-26-28-30-32(35)36/h1-12H,13-30H2,(H,33,34)(H,35,36). The maximum absolute atomic E-state index is 10.4. The van der Waals surface area contributed by atoms with Crippen LogP contribution in [-0.4, -0.2) is 22.2 Å². The molecule has 0 saturated carbocycles. The first-order valence-corrected chi connectivity index (χ1v) is 14.0. The van der Waals surface area contributed by atoms with Gasteiger partial charge in [-0.25, -0.2) is 0 Å². The number of aliphatic carboxylic acids is 2. The minimum Gasteiger partial charge on any atom is -0.481 e.